The van der Waals surface area contributed by atoms with Gasteiger partial charge in [0, 0.05) is 36.4 Å². The lowest BCUT2D eigenvalue weighted by Crippen LogP contribution is -2.48. The Morgan fingerprint density at radius 3 is 2.50 bits per heavy atom. The number of ether oxygens (including phenoxy) is 1. The number of anilines is 2. The lowest BCUT2D eigenvalue weighted by Gasteiger charge is -2.34. The molecule has 0 unspecified atom stereocenters. The molecule has 13 nitrogen and oxygen atoms in total. The van der Waals surface area contributed by atoms with Gasteiger partial charge in [0.25, 0.3) is 0 Å². The van der Waals surface area contributed by atoms with E-state index in [1.54, 1.807) is 30.0 Å². The first-order chi connectivity index (χ1) is 20.8. The minimum Gasteiger partial charge on any atom is -0.488 e. The molecule has 3 N–H and O–H groups in total. The number of nitrogens with zero attached hydrogens (tertiary/aromatic N) is 6. The zero-order valence-electron chi connectivity index (χ0n) is 24.3. The molecule has 2 aromatic carbocycles. The summed E-state index contributed by atoms with van der Waals surface area (Å²) in [5, 5.41) is 25.8. The second-order valence-corrected chi connectivity index (χ2v) is 10.7. The normalized spacial score (nSPS) is 17.8. The van der Waals surface area contributed by atoms with Gasteiger partial charge in [0.05, 0.1) is 31.2 Å². The molecule has 236 valence electrons. The lowest BCUT2D eigenvalue weighted by atomic mass is 10.0. The Morgan fingerprint density at radius 1 is 1.16 bits per heavy atom. The Labute approximate surface area is 251 Å². The molecule has 0 spiro atoms. The van der Waals surface area contributed by atoms with E-state index in [0.717, 1.165) is 12.1 Å². The van der Waals surface area contributed by atoms with Gasteiger partial charge in [-0.2, -0.15) is 13.2 Å². The number of carbonyl (C=O) groups excluding carboxylic acids is 3. The summed E-state index contributed by atoms with van der Waals surface area (Å²) in [7, 11) is 1.52. The predicted octanol–water partition coefficient (Wildman–Crippen LogP) is 2.64. The van der Waals surface area contributed by atoms with Crippen LogP contribution in [0.5, 0.6) is 5.75 Å². The Morgan fingerprint density at radius 2 is 1.86 bits per heavy atom. The van der Waals surface area contributed by atoms with E-state index in [2.05, 4.69) is 26.2 Å². The number of aliphatic hydroxyl groups excluding tert-OH is 1. The summed E-state index contributed by atoms with van der Waals surface area (Å²) in [6.07, 6.45) is -3.89. The van der Waals surface area contributed by atoms with Crippen LogP contribution in [-0.2, 0) is 28.7 Å². The summed E-state index contributed by atoms with van der Waals surface area (Å²) in [5.74, 6) is -0.579. The number of fused-ring (bicyclic) bond motifs is 1. The minimum absolute atomic E-state index is 0.0625. The van der Waals surface area contributed by atoms with E-state index in [1.165, 1.54) is 35.1 Å². The molecule has 1 aromatic heterocycles. The SMILES string of the molecule is C[C@@H]1CN([C@@H](C)CO)C(=O)Cc2cc(NC(=O)Cn3cnnn3)ccc2O[C@@H]1CN(C)C(=O)Nc1ccc(C(F)(F)F)cc1. The molecule has 16 heteroatoms. The van der Waals surface area contributed by atoms with Crippen LogP contribution in [0, 0.1) is 5.92 Å². The molecule has 0 bridgehead atoms. The van der Waals surface area contributed by atoms with Gasteiger partial charge in [0.1, 0.15) is 24.7 Å². The number of halogens is 3. The van der Waals surface area contributed by atoms with Gasteiger partial charge < -0.3 is 30.3 Å². The number of hydrogen-bond acceptors (Lipinski definition) is 8. The summed E-state index contributed by atoms with van der Waals surface area (Å²) >= 11 is 0. The molecule has 1 aliphatic heterocycles. The first-order valence-electron chi connectivity index (χ1n) is 13.7. The Kier molecular flexibility index (Phi) is 10.0. The van der Waals surface area contributed by atoms with Gasteiger partial charge in [-0.05, 0) is 59.8 Å². The molecule has 0 fully saturated rings. The van der Waals surface area contributed by atoms with Crippen LogP contribution in [0.1, 0.15) is 25.0 Å². The number of alkyl halides is 3. The van der Waals surface area contributed by atoms with Crippen molar-refractivity contribution >= 4 is 29.2 Å². The lowest BCUT2D eigenvalue weighted by molar-refractivity contribution is -0.137. The van der Waals surface area contributed by atoms with Crippen LogP contribution in [0.2, 0.25) is 0 Å². The fourth-order valence-corrected chi connectivity index (χ4v) is 4.64. The van der Waals surface area contributed by atoms with Crippen LogP contribution in [0.15, 0.2) is 48.8 Å². The van der Waals surface area contributed by atoms with Crippen LogP contribution >= 0.6 is 0 Å². The third-order valence-corrected chi connectivity index (χ3v) is 7.16. The van der Waals surface area contributed by atoms with E-state index in [0.29, 0.717) is 17.0 Å². The van der Waals surface area contributed by atoms with Gasteiger partial charge in [-0.25, -0.2) is 9.48 Å². The van der Waals surface area contributed by atoms with Crippen molar-refractivity contribution in [1.29, 1.82) is 0 Å². The molecule has 2 heterocycles. The van der Waals surface area contributed by atoms with Gasteiger partial charge in [0.2, 0.25) is 11.8 Å². The number of benzene rings is 2. The summed E-state index contributed by atoms with van der Waals surface area (Å²) < 4.78 is 46.3. The van der Waals surface area contributed by atoms with E-state index in [9.17, 15) is 32.7 Å². The summed E-state index contributed by atoms with van der Waals surface area (Å²) in [6.45, 7) is 3.48. The highest BCUT2D eigenvalue weighted by atomic mass is 19.4. The van der Waals surface area contributed by atoms with Crippen molar-refractivity contribution in [2.75, 3.05) is 37.4 Å². The highest BCUT2D eigenvalue weighted by Gasteiger charge is 2.32. The summed E-state index contributed by atoms with van der Waals surface area (Å²) in [6, 6.07) is 7.91. The summed E-state index contributed by atoms with van der Waals surface area (Å²) in [5.41, 5.74) is 0.256. The molecule has 0 radical (unpaired) electrons. The number of likely N-dealkylation sites (N-methyl/N-ethyl adjacent to an activating group) is 1. The Balaban J connectivity index is 1.53. The highest BCUT2D eigenvalue weighted by Crippen LogP contribution is 2.31. The molecule has 44 heavy (non-hydrogen) atoms. The Hall–Kier alpha value is -4.73. The fourth-order valence-electron chi connectivity index (χ4n) is 4.64. The quantitative estimate of drug-likeness (QED) is 0.348. The monoisotopic (exact) mass is 618 g/mol. The number of amides is 4. The molecule has 0 saturated heterocycles. The van der Waals surface area contributed by atoms with Crippen LogP contribution in [0.3, 0.4) is 0 Å². The van der Waals surface area contributed by atoms with Gasteiger partial charge in [0.15, 0.2) is 0 Å². The standard InChI is InChI=1S/C28H33F3N8O5/c1-17-12-39(18(2)15-40)26(42)11-19-10-22(33-25(41)14-38-16-32-35-36-38)8-9-23(19)44-24(17)13-37(3)27(43)34-21-6-4-20(5-7-21)28(29,30)31/h4-10,16-18,24,40H,11-15H2,1-3H3,(H,33,41)(H,34,43)/t17-,18+,24-/m1/s1. The molecule has 3 atom stereocenters. The number of aromatic nitrogens is 4. The average molecular weight is 619 g/mol. The minimum atomic E-state index is -4.50. The number of nitrogens with one attached hydrogen (secondary N) is 2. The number of rotatable bonds is 8. The van der Waals surface area contributed by atoms with E-state index < -0.39 is 35.8 Å². The van der Waals surface area contributed by atoms with Crippen LogP contribution in [0.4, 0.5) is 29.3 Å². The second kappa shape index (κ2) is 13.7. The van der Waals surface area contributed by atoms with E-state index in [1.807, 2.05) is 6.92 Å². The zero-order valence-corrected chi connectivity index (χ0v) is 24.3. The molecule has 1 aliphatic rings. The van der Waals surface area contributed by atoms with E-state index in [-0.39, 0.29) is 50.2 Å². The van der Waals surface area contributed by atoms with Crippen molar-refractivity contribution < 1.29 is 37.4 Å². The van der Waals surface area contributed by atoms with Crippen molar-refractivity contribution in [1.82, 2.24) is 30.0 Å². The van der Waals surface area contributed by atoms with E-state index in [4.69, 9.17) is 4.74 Å². The first kappa shape index (κ1) is 32.2. The van der Waals surface area contributed by atoms with Crippen molar-refractivity contribution in [2.24, 2.45) is 5.92 Å². The number of aliphatic hydroxyl groups is 1. The number of urea groups is 1. The van der Waals surface area contributed by atoms with Crippen LogP contribution < -0.4 is 15.4 Å². The molecule has 0 aliphatic carbocycles. The van der Waals surface area contributed by atoms with Crippen molar-refractivity contribution in [3.8, 4) is 5.75 Å². The average Bonchev–Trinajstić information content (AvgIpc) is 3.49. The van der Waals surface area contributed by atoms with Gasteiger partial charge in [-0.3, -0.25) is 9.59 Å². The maximum absolute atomic E-state index is 13.4. The molecule has 4 amide bonds. The number of tetrazole rings is 1. The Bertz CT molecular complexity index is 1450. The largest absolute Gasteiger partial charge is 0.488 e. The molecule has 4 rings (SSSR count). The molecule has 0 saturated carbocycles. The zero-order chi connectivity index (χ0) is 32.0. The van der Waals surface area contributed by atoms with Gasteiger partial charge in [-0.1, -0.05) is 6.92 Å². The van der Waals surface area contributed by atoms with Gasteiger partial charge >= 0.3 is 12.2 Å². The molecular weight excluding hydrogens is 585 g/mol. The predicted molar refractivity (Wildman–Crippen MR) is 152 cm³/mol. The third kappa shape index (κ3) is 8.21. The van der Waals surface area contributed by atoms with Crippen molar-refractivity contribution in [3.63, 3.8) is 0 Å². The number of hydrogen-bond donors (Lipinski definition) is 3. The maximum atomic E-state index is 13.4. The second-order valence-electron chi connectivity index (χ2n) is 10.7. The fraction of sp³-hybridized carbons (Fsp3) is 0.429. The smallest absolute Gasteiger partial charge is 0.416 e. The highest BCUT2D eigenvalue weighted by molar-refractivity contribution is 5.91. The molecule has 3 aromatic rings. The van der Waals surface area contributed by atoms with Crippen molar-refractivity contribution in [2.45, 2.75) is 45.1 Å². The van der Waals surface area contributed by atoms with E-state index >= 15 is 0 Å². The maximum Gasteiger partial charge on any atom is 0.416 e. The summed E-state index contributed by atoms with van der Waals surface area (Å²) in [4.78, 5) is 41.7. The number of carbonyl (C=O) groups is 3. The van der Waals surface area contributed by atoms with Crippen LogP contribution in [0.25, 0.3) is 0 Å². The first-order valence-corrected chi connectivity index (χ1v) is 13.7. The van der Waals surface area contributed by atoms with Gasteiger partial charge in [-0.15, -0.1) is 5.10 Å². The van der Waals surface area contributed by atoms with Crippen LogP contribution in [-0.4, -0.2) is 91.8 Å². The van der Waals surface area contributed by atoms with Crippen molar-refractivity contribution in [3.05, 3.63) is 59.9 Å². The molecular formula is C28H33F3N8O5. The topological polar surface area (TPSA) is 155 Å². The third-order valence-electron chi connectivity index (χ3n) is 7.16.